The van der Waals surface area contributed by atoms with Gasteiger partial charge in [-0.3, -0.25) is 0 Å². The van der Waals surface area contributed by atoms with E-state index in [2.05, 4.69) is 10.6 Å². The highest BCUT2D eigenvalue weighted by Gasteiger charge is 2.56. The lowest BCUT2D eigenvalue weighted by Crippen LogP contribution is -2.68. The fraction of sp³-hybridized carbons (Fsp3) is 1.00. The van der Waals surface area contributed by atoms with Gasteiger partial charge in [0.1, 0.15) is 109 Å². The Kier molecular flexibility index (Phi) is 25.5. The maximum Gasteiger partial charge on any atom is 0.187 e. The van der Waals surface area contributed by atoms with E-state index in [1.807, 2.05) is 7.05 Å². The lowest BCUT2D eigenvalue weighted by atomic mass is 9.84. The topological polar surface area (TPSA) is 606 Å². The van der Waals surface area contributed by atoms with Crippen LogP contribution in [-0.2, 0) is 56.8 Å². The molecule has 0 radical (unpaired) electrons. The van der Waals surface area contributed by atoms with Gasteiger partial charge in [-0.05, 0) is 53.1 Å². The normalized spacial score (nSPS) is 52.1. The van der Waals surface area contributed by atoms with Crippen molar-refractivity contribution in [2.75, 3.05) is 53.6 Å². The number of aliphatic hydroxyl groups is 13. The molecule has 31 N–H and O–H groups in total. The van der Waals surface area contributed by atoms with E-state index in [0.717, 1.165) is 12.8 Å². The third-order valence-electron chi connectivity index (χ3n) is 17.0. The molecular formula is C49H96N10O25. The molecular weight excluding hydrogens is 1130 g/mol. The lowest BCUT2D eigenvalue weighted by Gasteiger charge is -2.48. The average molecular weight is 1230 g/mol. The van der Waals surface area contributed by atoms with E-state index >= 15 is 0 Å². The first kappa shape index (κ1) is 70.1. The molecule has 0 aromatic carbocycles. The molecule has 6 heterocycles. The van der Waals surface area contributed by atoms with Gasteiger partial charge in [-0.1, -0.05) is 0 Å². The maximum atomic E-state index is 11.4. The fourth-order valence-electron chi connectivity index (χ4n) is 12.1. The standard InChI is InChI=1S/C29H55N5O18.C20H41N5O7/c30-3-11-23(51-28-20(43)19(42)17(40)13(5-36)47-28)18(41)15(34)27(45-11)50-24-14(6-37)48-29(21(24)44)52-25-16(39)7(31)1-8(32)22(25)49-26-9(33)2-10(38)12(4-35)46-26;1-20(28)8-29-19(14(27)17(20)25-3)32-16-12(23)6-11(22)15(13(16)26)31-18-10(21)5-4-9(30-18)7-24-2/h7-29,35-44H,1-6,30-34H2;9-19,24-28H,4-8,21-23H2,1-3H3/t7-,8+,9-,10+,11+,12-,13-,14-,15-,16+,17-,18-,19+,20+,21-,22-,23-,24-,25-,26-,27-,28-,29+;9-,10+,11-,12+,13-,14+,15+,16-,17+,18+,19+,20-/m10/s1. The Bertz CT molecular complexity index is 1980. The first-order chi connectivity index (χ1) is 39.7. The van der Waals surface area contributed by atoms with Crippen molar-refractivity contribution in [3.05, 3.63) is 0 Å². The third-order valence-corrected chi connectivity index (χ3v) is 17.0. The largest absolute Gasteiger partial charge is 0.394 e. The van der Waals surface area contributed by atoms with Crippen LogP contribution in [0.1, 0.15) is 39.0 Å². The first-order valence-corrected chi connectivity index (χ1v) is 28.5. The summed E-state index contributed by atoms with van der Waals surface area (Å²) in [6, 6.07) is -6.21. The van der Waals surface area contributed by atoms with Crippen LogP contribution < -0.4 is 56.5 Å². The Morgan fingerprint density at radius 2 is 0.964 bits per heavy atom. The Morgan fingerprint density at radius 1 is 0.452 bits per heavy atom. The van der Waals surface area contributed by atoms with Crippen molar-refractivity contribution < 1.29 is 123 Å². The van der Waals surface area contributed by atoms with Crippen molar-refractivity contribution in [2.45, 2.75) is 253 Å². The van der Waals surface area contributed by atoms with Crippen LogP contribution in [0.15, 0.2) is 0 Å². The number of hydrogen-bond donors (Lipinski definition) is 23. The zero-order valence-corrected chi connectivity index (χ0v) is 47.2. The van der Waals surface area contributed by atoms with Crippen molar-refractivity contribution in [1.82, 2.24) is 10.6 Å². The zero-order chi connectivity index (χ0) is 61.8. The quantitative estimate of drug-likeness (QED) is 0.0571. The fourth-order valence-corrected chi connectivity index (χ4v) is 12.1. The van der Waals surface area contributed by atoms with Gasteiger partial charge >= 0.3 is 0 Å². The number of rotatable bonds is 19. The van der Waals surface area contributed by atoms with Gasteiger partial charge in [-0.25, -0.2) is 0 Å². The van der Waals surface area contributed by atoms with Crippen LogP contribution in [0.2, 0.25) is 0 Å². The van der Waals surface area contributed by atoms with Gasteiger partial charge in [0.2, 0.25) is 0 Å². The molecule has 8 aliphatic rings. The van der Waals surface area contributed by atoms with Crippen LogP contribution >= 0.6 is 0 Å². The number of aliphatic hydroxyl groups excluding tert-OH is 12. The zero-order valence-electron chi connectivity index (χ0n) is 47.2. The van der Waals surface area contributed by atoms with E-state index in [0.29, 0.717) is 13.0 Å². The predicted octanol–water partition coefficient (Wildman–Crippen LogP) is -13.7. The summed E-state index contributed by atoms with van der Waals surface area (Å²) in [5.41, 5.74) is 48.2. The predicted molar refractivity (Wildman–Crippen MR) is 283 cm³/mol. The van der Waals surface area contributed by atoms with Gasteiger partial charge in [-0.2, -0.15) is 0 Å². The molecule has 0 bridgehead atoms. The molecule has 35 atom stereocenters. The Balaban J connectivity index is 0.000000270. The molecule has 0 unspecified atom stereocenters. The summed E-state index contributed by atoms with van der Waals surface area (Å²) in [7, 11) is 3.47. The van der Waals surface area contributed by atoms with Crippen molar-refractivity contribution in [1.29, 1.82) is 0 Å². The summed E-state index contributed by atoms with van der Waals surface area (Å²) in [6.45, 7) is -0.0979. The molecule has 35 heteroatoms. The molecule has 0 aromatic rings. The monoisotopic (exact) mass is 1220 g/mol. The molecule has 2 aliphatic carbocycles. The Hall–Kier alpha value is -1.40. The average Bonchev–Trinajstić information content (AvgIpc) is 2.44. The molecule has 8 rings (SSSR count). The van der Waals surface area contributed by atoms with Crippen LogP contribution in [0, 0.1) is 0 Å². The second-order valence-corrected chi connectivity index (χ2v) is 23.4. The number of nitrogens with two attached hydrogens (primary N) is 8. The number of likely N-dealkylation sites (N-methyl/N-ethyl adjacent to an activating group) is 2. The molecule has 35 nitrogen and oxygen atoms in total. The SMILES string of the molecule is CNC[C@@H]1CC[C@@H](N)[C@@H](O[C@H]2[C@H](O)[C@@H](O[C@H]3OC[C@](C)(O)[C@H](NC)[C@H]3O)[C@H](N)C[C@@H]2N)O1.NC[C@@H]1O[C@H](O[C@H]2[C@@H](O)[C@H](O[C@@H]3[C@@H](O)[C@H](N)C[C@H](N)[C@H]3O[C@H]3O[C@H](CO)[C@@H](O)C[C@H]3N)O[C@@H]2CO)[C@H](N)[C@@H](O)[C@@H]1O[C@H]1O[C@H](CO)[C@@H](O)[C@H](O)[C@@H]1O. The summed E-state index contributed by atoms with van der Waals surface area (Å²) in [6.07, 6.45) is -31.0. The van der Waals surface area contributed by atoms with E-state index in [1.165, 1.54) is 0 Å². The van der Waals surface area contributed by atoms with E-state index in [4.69, 9.17) is 103 Å². The molecule has 0 amide bonds. The molecule has 84 heavy (non-hydrogen) atoms. The van der Waals surface area contributed by atoms with Gasteiger partial charge in [0, 0.05) is 37.3 Å². The minimum absolute atomic E-state index is 0.0266. The van der Waals surface area contributed by atoms with Crippen molar-refractivity contribution >= 4 is 0 Å². The van der Waals surface area contributed by atoms with Crippen LogP contribution in [0.5, 0.6) is 0 Å². The third kappa shape index (κ3) is 15.7. The van der Waals surface area contributed by atoms with Gasteiger partial charge in [0.25, 0.3) is 0 Å². The molecule has 8 fully saturated rings. The van der Waals surface area contributed by atoms with Crippen molar-refractivity contribution in [2.24, 2.45) is 45.9 Å². The minimum atomic E-state index is -1.80. The van der Waals surface area contributed by atoms with Gasteiger partial charge in [0.15, 0.2) is 37.7 Å². The summed E-state index contributed by atoms with van der Waals surface area (Å²) in [4.78, 5) is 0. The summed E-state index contributed by atoms with van der Waals surface area (Å²) in [5, 5.41) is 142. The minimum Gasteiger partial charge on any atom is -0.394 e. The van der Waals surface area contributed by atoms with E-state index in [1.54, 1.807) is 14.0 Å². The highest BCUT2D eigenvalue weighted by Crippen LogP contribution is 2.37. The highest BCUT2D eigenvalue weighted by molar-refractivity contribution is 5.04. The first-order valence-electron chi connectivity index (χ1n) is 28.5. The van der Waals surface area contributed by atoms with Gasteiger partial charge in [0.05, 0.1) is 68.9 Å². The highest BCUT2D eigenvalue weighted by atomic mass is 16.8. The van der Waals surface area contributed by atoms with Gasteiger partial charge in [-0.15, -0.1) is 0 Å². The van der Waals surface area contributed by atoms with E-state index in [9.17, 15) is 66.4 Å². The Labute approximate surface area is 485 Å². The second kappa shape index (κ2) is 30.6. The Morgan fingerprint density at radius 3 is 1.58 bits per heavy atom. The molecule has 0 aromatic heterocycles. The second-order valence-electron chi connectivity index (χ2n) is 23.4. The van der Waals surface area contributed by atoms with Crippen LogP contribution in [0.4, 0.5) is 0 Å². The van der Waals surface area contributed by atoms with Gasteiger partial charge < -0.3 is 180 Å². The summed E-state index contributed by atoms with van der Waals surface area (Å²) in [5.74, 6) is 0. The summed E-state index contributed by atoms with van der Waals surface area (Å²) >= 11 is 0. The van der Waals surface area contributed by atoms with E-state index < -0.39 is 221 Å². The van der Waals surface area contributed by atoms with Crippen molar-refractivity contribution in [3.63, 3.8) is 0 Å². The molecule has 6 aliphatic heterocycles. The van der Waals surface area contributed by atoms with Crippen molar-refractivity contribution in [3.8, 4) is 0 Å². The number of nitrogens with one attached hydrogen (secondary N) is 2. The van der Waals surface area contributed by atoms with Crippen LogP contribution in [0.25, 0.3) is 0 Å². The lowest BCUT2D eigenvalue weighted by molar-refractivity contribution is -0.348. The molecule has 2 saturated carbocycles. The number of hydrogen-bond acceptors (Lipinski definition) is 35. The van der Waals surface area contributed by atoms with Crippen LogP contribution in [-0.4, -0.2) is 334 Å². The molecule has 6 saturated heterocycles. The number of ether oxygens (including phenoxy) is 12. The summed E-state index contributed by atoms with van der Waals surface area (Å²) < 4.78 is 69.9. The molecule has 0 spiro atoms. The smallest absolute Gasteiger partial charge is 0.187 e. The van der Waals surface area contributed by atoms with Crippen LogP contribution in [0.3, 0.4) is 0 Å². The molecule has 492 valence electrons. The maximum absolute atomic E-state index is 11.4. The van der Waals surface area contributed by atoms with E-state index in [-0.39, 0.29) is 38.1 Å².